The molecule has 0 radical (unpaired) electrons. The van der Waals surface area contributed by atoms with Gasteiger partial charge in [-0.2, -0.15) is 0 Å². The summed E-state index contributed by atoms with van der Waals surface area (Å²) in [5.74, 6) is 1.91. The van der Waals surface area contributed by atoms with Crippen LogP contribution in [0.1, 0.15) is 31.2 Å². The highest BCUT2D eigenvalue weighted by molar-refractivity contribution is 5.81. The van der Waals surface area contributed by atoms with Gasteiger partial charge in [0.1, 0.15) is 5.82 Å². The van der Waals surface area contributed by atoms with E-state index in [1.165, 1.54) is 0 Å². The minimum atomic E-state index is 0.243. The van der Waals surface area contributed by atoms with Crippen LogP contribution in [-0.4, -0.2) is 33.9 Å². The van der Waals surface area contributed by atoms with E-state index in [1.807, 2.05) is 30.0 Å². The molecule has 1 saturated heterocycles. The first-order chi connectivity index (χ1) is 9.61. The quantitative estimate of drug-likeness (QED) is 0.913. The van der Waals surface area contributed by atoms with Gasteiger partial charge in [0.25, 0.3) is 0 Å². The molecule has 0 aliphatic carbocycles. The summed E-state index contributed by atoms with van der Waals surface area (Å²) in [5, 5.41) is 0. The van der Waals surface area contributed by atoms with Crippen LogP contribution in [0.5, 0.6) is 0 Å². The highest BCUT2D eigenvalue weighted by Crippen LogP contribution is 2.18. The van der Waals surface area contributed by atoms with E-state index in [0.29, 0.717) is 6.42 Å². The van der Waals surface area contributed by atoms with E-state index in [0.717, 1.165) is 54.3 Å². The summed E-state index contributed by atoms with van der Waals surface area (Å²) in [6.07, 6.45) is 2.75. The number of rotatable bonds is 2. The van der Waals surface area contributed by atoms with Crippen LogP contribution in [0.3, 0.4) is 0 Å². The van der Waals surface area contributed by atoms with Crippen molar-refractivity contribution in [2.45, 2.75) is 33.1 Å². The standard InChI is InChI=1S/C16H21N3O/c1-11-5-7-19(8-6-11)16(20)10-13-3-4-14-15(9-13)18-12(2)17-14/h3-4,9,11H,5-8,10H2,1-2H3,(H,17,18). The second-order valence-corrected chi connectivity index (χ2v) is 5.91. The predicted molar refractivity (Wildman–Crippen MR) is 79.5 cm³/mol. The van der Waals surface area contributed by atoms with Gasteiger partial charge in [-0.3, -0.25) is 4.79 Å². The van der Waals surface area contributed by atoms with Crippen molar-refractivity contribution in [2.24, 2.45) is 5.92 Å². The SMILES string of the molecule is Cc1nc2ccc(CC(=O)N3CCC(C)CC3)cc2[nH]1. The van der Waals surface area contributed by atoms with E-state index in [-0.39, 0.29) is 5.91 Å². The smallest absolute Gasteiger partial charge is 0.226 e. The third kappa shape index (κ3) is 2.69. The number of imidazole rings is 1. The van der Waals surface area contributed by atoms with Crippen LogP contribution in [-0.2, 0) is 11.2 Å². The Labute approximate surface area is 119 Å². The summed E-state index contributed by atoms with van der Waals surface area (Å²) in [6.45, 7) is 6.02. The van der Waals surface area contributed by atoms with Gasteiger partial charge in [-0.05, 0) is 43.4 Å². The van der Waals surface area contributed by atoms with Crippen LogP contribution < -0.4 is 0 Å². The molecule has 106 valence electrons. The van der Waals surface area contributed by atoms with Crippen molar-refractivity contribution < 1.29 is 4.79 Å². The minimum absolute atomic E-state index is 0.243. The average molecular weight is 271 g/mol. The number of benzene rings is 1. The van der Waals surface area contributed by atoms with Crippen molar-refractivity contribution in [3.05, 3.63) is 29.6 Å². The second kappa shape index (κ2) is 5.27. The van der Waals surface area contributed by atoms with Crippen molar-refractivity contribution in [2.75, 3.05) is 13.1 Å². The minimum Gasteiger partial charge on any atom is -0.342 e. The number of H-pyrrole nitrogens is 1. The molecule has 20 heavy (non-hydrogen) atoms. The molecule has 0 spiro atoms. The normalized spacial score (nSPS) is 16.8. The number of amides is 1. The third-order valence-corrected chi connectivity index (χ3v) is 4.16. The summed E-state index contributed by atoms with van der Waals surface area (Å²) in [5.41, 5.74) is 3.04. The number of piperidine rings is 1. The number of likely N-dealkylation sites (tertiary alicyclic amines) is 1. The third-order valence-electron chi connectivity index (χ3n) is 4.16. The zero-order chi connectivity index (χ0) is 14.1. The first-order valence-electron chi connectivity index (χ1n) is 7.35. The van der Waals surface area contributed by atoms with Gasteiger partial charge >= 0.3 is 0 Å². The topological polar surface area (TPSA) is 49.0 Å². The maximum Gasteiger partial charge on any atom is 0.226 e. The van der Waals surface area contributed by atoms with E-state index in [4.69, 9.17) is 0 Å². The van der Waals surface area contributed by atoms with Gasteiger partial charge in [-0.1, -0.05) is 13.0 Å². The van der Waals surface area contributed by atoms with Gasteiger partial charge in [0.15, 0.2) is 0 Å². The van der Waals surface area contributed by atoms with Crippen LogP contribution in [0.4, 0.5) is 0 Å². The van der Waals surface area contributed by atoms with Crippen molar-refractivity contribution in [3.63, 3.8) is 0 Å². The molecule has 2 heterocycles. The fraction of sp³-hybridized carbons (Fsp3) is 0.500. The van der Waals surface area contributed by atoms with E-state index in [9.17, 15) is 4.79 Å². The first-order valence-corrected chi connectivity index (χ1v) is 7.35. The Kier molecular flexibility index (Phi) is 3.47. The average Bonchev–Trinajstić information content (AvgIpc) is 2.78. The Morgan fingerprint density at radius 2 is 2.15 bits per heavy atom. The summed E-state index contributed by atoms with van der Waals surface area (Å²) < 4.78 is 0. The van der Waals surface area contributed by atoms with E-state index in [2.05, 4.69) is 16.9 Å². The number of carbonyl (C=O) groups excluding carboxylic acids is 1. The van der Waals surface area contributed by atoms with Crippen LogP contribution in [0, 0.1) is 12.8 Å². The molecule has 1 amide bonds. The van der Waals surface area contributed by atoms with Crippen molar-refractivity contribution >= 4 is 16.9 Å². The van der Waals surface area contributed by atoms with Gasteiger partial charge in [-0.25, -0.2) is 4.98 Å². The lowest BCUT2D eigenvalue weighted by Crippen LogP contribution is -2.38. The monoisotopic (exact) mass is 271 g/mol. The number of hydrogen-bond acceptors (Lipinski definition) is 2. The Balaban J connectivity index is 1.70. The predicted octanol–water partition coefficient (Wildman–Crippen LogP) is 2.67. The molecule has 0 unspecified atom stereocenters. The molecule has 1 aromatic heterocycles. The molecule has 2 aromatic rings. The lowest BCUT2D eigenvalue weighted by molar-refractivity contribution is -0.131. The number of fused-ring (bicyclic) bond motifs is 1. The van der Waals surface area contributed by atoms with E-state index < -0.39 is 0 Å². The van der Waals surface area contributed by atoms with Crippen molar-refractivity contribution in [1.82, 2.24) is 14.9 Å². The van der Waals surface area contributed by atoms with Crippen LogP contribution in [0.2, 0.25) is 0 Å². The molecule has 0 atom stereocenters. The molecular weight excluding hydrogens is 250 g/mol. The lowest BCUT2D eigenvalue weighted by atomic mass is 9.98. The van der Waals surface area contributed by atoms with Crippen LogP contribution >= 0.6 is 0 Å². The number of nitrogens with one attached hydrogen (secondary N) is 1. The summed E-state index contributed by atoms with van der Waals surface area (Å²) >= 11 is 0. The second-order valence-electron chi connectivity index (χ2n) is 5.91. The molecule has 1 aliphatic rings. The number of aromatic amines is 1. The molecule has 4 nitrogen and oxygen atoms in total. The Hall–Kier alpha value is -1.84. The Bertz CT molecular complexity index is 624. The van der Waals surface area contributed by atoms with Crippen molar-refractivity contribution in [3.8, 4) is 0 Å². The number of aryl methyl sites for hydroxylation is 1. The van der Waals surface area contributed by atoms with Gasteiger partial charge in [-0.15, -0.1) is 0 Å². The largest absolute Gasteiger partial charge is 0.342 e. The van der Waals surface area contributed by atoms with Gasteiger partial charge < -0.3 is 9.88 Å². The number of aromatic nitrogens is 2. The summed E-state index contributed by atoms with van der Waals surface area (Å²) in [6, 6.07) is 6.03. The van der Waals surface area contributed by atoms with Crippen LogP contribution in [0.15, 0.2) is 18.2 Å². The zero-order valence-corrected chi connectivity index (χ0v) is 12.1. The maximum absolute atomic E-state index is 12.3. The van der Waals surface area contributed by atoms with E-state index in [1.54, 1.807) is 0 Å². The molecule has 3 rings (SSSR count). The molecule has 0 bridgehead atoms. The van der Waals surface area contributed by atoms with Crippen LogP contribution in [0.25, 0.3) is 11.0 Å². The molecule has 1 fully saturated rings. The number of hydrogen-bond donors (Lipinski definition) is 1. The Morgan fingerprint density at radius 3 is 2.90 bits per heavy atom. The number of carbonyl (C=O) groups is 1. The van der Waals surface area contributed by atoms with Gasteiger partial charge in [0.2, 0.25) is 5.91 Å². The summed E-state index contributed by atoms with van der Waals surface area (Å²) in [7, 11) is 0. The molecule has 4 heteroatoms. The molecule has 0 saturated carbocycles. The lowest BCUT2D eigenvalue weighted by Gasteiger charge is -2.30. The molecular formula is C16H21N3O. The first kappa shape index (κ1) is 13.2. The highest BCUT2D eigenvalue weighted by atomic mass is 16.2. The maximum atomic E-state index is 12.3. The number of nitrogens with zero attached hydrogens (tertiary/aromatic N) is 2. The van der Waals surface area contributed by atoms with Gasteiger partial charge in [0, 0.05) is 13.1 Å². The molecule has 1 N–H and O–H groups in total. The van der Waals surface area contributed by atoms with Crippen molar-refractivity contribution in [1.29, 1.82) is 0 Å². The Morgan fingerprint density at radius 1 is 1.40 bits per heavy atom. The molecule has 1 aliphatic heterocycles. The zero-order valence-electron chi connectivity index (χ0n) is 12.1. The fourth-order valence-electron chi connectivity index (χ4n) is 2.84. The van der Waals surface area contributed by atoms with Gasteiger partial charge in [0.05, 0.1) is 17.5 Å². The highest BCUT2D eigenvalue weighted by Gasteiger charge is 2.20. The van der Waals surface area contributed by atoms with E-state index >= 15 is 0 Å². The summed E-state index contributed by atoms with van der Waals surface area (Å²) in [4.78, 5) is 21.9. The molecule has 1 aromatic carbocycles. The fourth-order valence-corrected chi connectivity index (χ4v) is 2.84.